The van der Waals surface area contributed by atoms with Gasteiger partial charge in [-0.1, -0.05) is 42.0 Å². The first-order valence-corrected chi connectivity index (χ1v) is 9.40. The minimum atomic E-state index is -0.469. The molecule has 0 saturated carbocycles. The summed E-state index contributed by atoms with van der Waals surface area (Å²) in [6, 6.07) is 18.8. The van der Waals surface area contributed by atoms with Gasteiger partial charge in [0.2, 0.25) is 0 Å². The lowest BCUT2D eigenvalue weighted by molar-refractivity contribution is 0.0846. The number of nitrogens with zero attached hydrogens (tertiary/aromatic N) is 2. The molecular weight excluding hydrogens is 380 g/mol. The molecule has 0 radical (unpaired) electrons. The number of benzene rings is 2. The van der Waals surface area contributed by atoms with Crippen molar-refractivity contribution in [3.63, 3.8) is 0 Å². The number of furan rings is 1. The predicted molar refractivity (Wildman–Crippen MR) is 112 cm³/mol. The second-order valence-corrected chi connectivity index (χ2v) is 6.84. The Morgan fingerprint density at radius 3 is 2.30 bits per heavy atom. The smallest absolute Gasteiger partial charge is 0.273 e. The molecule has 0 saturated heterocycles. The second kappa shape index (κ2) is 8.08. The third-order valence-corrected chi connectivity index (χ3v) is 4.66. The molecule has 7 heteroatoms. The van der Waals surface area contributed by atoms with E-state index in [1.54, 1.807) is 23.9 Å². The number of carbonyl (C=O) groups is 2. The molecule has 0 aliphatic heterocycles. The molecule has 4 aromatic rings. The number of aromatic nitrogens is 2. The fourth-order valence-corrected chi connectivity index (χ4v) is 3.13. The second-order valence-electron chi connectivity index (χ2n) is 6.84. The summed E-state index contributed by atoms with van der Waals surface area (Å²) in [5.41, 5.74) is 8.80. The Hall–Kier alpha value is -4.13. The first-order chi connectivity index (χ1) is 14.5. The highest BCUT2D eigenvalue weighted by Crippen LogP contribution is 2.24. The van der Waals surface area contributed by atoms with Gasteiger partial charge in [0.15, 0.2) is 0 Å². The largest absolute Gasteiger partial charge is 0.469 e. The first-order valence-electron chi connectivity index (χ1n) is 9.40. The summed E-state index contributed by atoms with van der Waals surface area (Å²) >= 11 is 0. The van der Waals surface area contributed by atoms with Gasteiger partial charge >= 0.3 is 0 Å². The summed E-state index contributed by atoms with van der Waals surface area (Å²) in [6.45, 7) is 3.65. The summed E-state index contributed by atoms with van der Waals surface area (Å²) in [7, 11) is 0. The fourth-order valence-electron chi connectivity index (χ4n) is 3.13. The standard InChI is InChI=1S/C23H20N4O3/c1-15-7-6-8-17(13-15)21-20(14-27(26-21)18-9-4-3-5-10-18)23(29)25-24-22(28)19-11-12-30-16(19)2/h3-14H,1-2H3,(H,24,28)(H,25,29). The molecule has 0 bridgehead atoms. The van der Waals surface area contributed by atoms with Gasteiger partial charge in [-0.25, -0.2) is 4.68 Å². The van der Waals surface area contributed by atoms with Crippen molar-refractivity contribution in [2.24, 2.45) is 0 Å². The number of para-hydroxylation sites is 1. The van der Waals surface area contributed by atoms with Crippen LogP contribution in [0, 0.1) is 13.8 Å². The Morgan fingerprint density at radius 1 is 0.900 bits per heavy atom. The summed E-state index contributed by atoms with van der Waals surface area (Å²) in [5.74, 6) is -0.454. The number of hydrazine groups is 1. The Labute approximate surface area is 173 Å². The molecule has 0 aliphatic carbocycles. The molecule has 4 rings (SSSR count). The third kappa shape index (κ3) is 3.86. The molecule has 2 heterocycles. The van der Waals surface area contributed by atoms with Crippen LogP contribution in [0.25, 0.3) is 16.9 Å². The highest BCUT2D eigenvalue weighted by molar-refractivity contribution is 6.02. The van der Waals surface area contributed by atoms with Crippen molar-refractivity contribution >= 4 is 11.8 Å². The van der Waals surface area contributed by atoms with Gasteiger partial charge in [-0.05, 0) is 38.1 Å². The SMILES string of the molecule is Cc1cccc(-c2nn(-c3ccccc3)cc2C(=O)NNC(=O)c2ccoc2C)c1. The average Bonchev–Trinajstić information content (AvgIpc) is 3.39. The van der Waals surface area contributed by atoms with Crippen LogP contribution < -0.4 is 10.9 Å². The number of nitrogens with one attached hydrogen (secondary N) is 2. The van der Waals surface area contributed by atoms with Gasteiger partial charge in [0.05, 0.1) is 23.1 Å². The Bertz CT molecular complexity index is 1210. The minimum absolute atomic E-state index is 0.341. The molecule has 150 valence electrons. The van der Waals surface area contributed by atoms with Crippen LogP contribution in [0.1, 0.15) is 32.0 Å². The molecule has 30 heavy (non-hydrogen) atoms. The summed E-state index contributed by atoms with van der Waals surface area (Å²) in [6.07, 6.45) is 3.07. The van der Waals surface area contributed by atoms with Gasteiger partial charge in [-0.15, -0.1) is 0 Å². The molecule has 0 aliphatic rings. The molecule has 7 nitrogen and oxygen atoms in total. The molecule has 2 N–H and O–H groups in total. The maximum Gasteiger partial charge on any atom is 0.273 e. The highest BCUT2D eigenvalue weighted by Gasteiger charge is 2.20. The van der Waals surface area contributed by atoms with Crippen molar-refractivity contribution in [1.82, 2.24) is 20.6 Å². The number of hydrogen-bond donors (Lipinski definition) is 2. The van der Waals surface area contributed by atoms with Crippen molar-refractivity contribution in [2.75, 3.05) is 0 Å². The molecular formula is C23H20N4O3. The van der Waals surface area contributed by atoms with Crippen molar-refractivity contribution in [1.29, 1.82) is 0 Å². The van der Waals surface area contributed by atoms with Gasteiger partial charge < -0.3 is 4.42 Å². The Kier molecular flexibility index (Phi) is 5.17. The van der Waals surface area contributed by atoms with Gasteiger partial charge in [0.25, 0.3) is 11.8 Å². The van der Waals surface area contributed by atoms with Crippen molar-refractivity contribution in [3.8, 4) is 16.9 Å². The molecule has 0 fully saturated rings. The quantitative estimate of drug-likeness (QED) is 0.510. The van der Waals surface area contributed by atoms with Gasteiger partial charge in [-0.2, -0.15) is 5.10 Å². The maximum atomic E-state index is 12.9. The molecule has 2 aromatic carbocycles. The van der Waals surface area contributed by atoms with E-state index in [0.717, 1.165) is 16.8 Å². The maximum absolute atomic E-state index is 12.9. The van der Waals surface area contributed by atoms with Gasteiger partial charge in [-0.3, -0.25) is 20.4 Å². The summed E-state index contributed by atoms with van der Waals surface area (Å²) in [5, 5.41) is 4.63. The van der Waals surface area contributed by atoms with Crippen LogP contribution in [0.15, 0.2) is 77.5 Å². The summed E-state index contributed by atoms with van der Waals surface area (Å²) < 4.78 is 6.78. The van der Waals surface area contributed by atoms with Crippen LogP contribution in [0.3, 0.4) is 0 Å². The van der Waals surface area contributed by atoms with E-state index in [9.17, 15) is 9.59 Å². The number of rotatable bonds is 4. The summed E-state index contributed by atoms with van der Waals surface area (Å²) in [4.78, 5) is 25.2. The van der Waals surface area contributed by atoms with E-state index in [1.807, 2.05) is 61.5 Å². The predicted octanol–water partition coefficient (Wildman–Crippen LogP) is 3.82. The molecule has 0 atom stereocenters. The van der Waals surface area contributed by atoms with Crippen LogP contribution in [0.4, 0.5) is 0 Å². The van der Waals surface area contributed by atoms with Crippen LogP contribution >= 0.6 is 0 Å². The fraction of sp³-hybridized carbons (Fsp3) is 0.0870. The topological polar surface area (TPSA) is 89.2 Å². The third-order valence-electron chi connectivity index (χ3n) is 4.66. The number of amides is 2. The van der Waals surface area contributed by atoms with E-state index >= 15 is 0 Å². The number of hydrogen-bond acceptors (Lipinski definition) is 4. The van der Waals surface area contributed by atoms with Crippen molar-refractivity contribution in [3.05, 3.63) is 95.6 Å². The van der Waals surface area contributed by atoms with Crippen molar-refractivity contribution < 1.29 is 14.0 Å². The zero-order valence-corrected chi connectivity index (χ0v) is 16.5. The number of aryl methyl sites for hydroxylation is 2. The first kappa shape index (κ1) is 19.2. The van der Waals surface area contributed by atoms with Crippen LogP contribution in [-0.4, -0.2) is 21.6 Å². The van der Waals surface area contributed by atoms with E-state index in [0.29, 0.717) is 22.6 Å². The molecule has 2 aromatic heterocycles. The van der Waals surface area contributed by atoms with Gasteiger partial charge in [0.1, 0.15) is 11.5 Å². The zero-order chi connectivity index (χ0) is 21.1. The van der Waals surface area contributed by atoms with Gasteiger partial charge in [0, 0.05) is 11.8 Å². The van der Waals surface area contributed by atoms with Crippen LogP contribution in [0.2, 0.25) is 0 Å². The Balaban J connectivity index is 1.65. The average molecular weight is 400 g/mol. The molecule has 0 unspecified atom stereocenters. The van der Waals surface area contributed by atoms with E-state index in [4.69, 9.17) is 4.42 Å². The normalized spacial score (nSPS) is 10.6. The lowest BCUT2D eigenvalue weighted by atomic mass is 10.1. The van der Waals surface area contributed by atoms with Crippen LogP contribution in [-0.2, 0) is 0 Å². The Morgan fingerprint density at radius 2 is 1.63 bits per heavy atom. The van der Waals surface area contributed by atoms with E-state index < -0.39 is 11.8 Å². The molecule has 0 spiro atoms. The lowest BCUT2D eigenvalue weighted by Crippen LogP contribution is -2.41. The van der Waals surface area contributed by atoms with Crippen molar-refractivity contribution in [2.45, 2.75) is 13.8 Å². The highest BCUT2D eigenvalue weighted by atomic mass is 16.3. The van der Waals surface area contributed by atoms with Crippen LogP contribution in [0.5, 0.6) is 0 Å². The number of carbonyl (C=O) groups excluding carboxylic acids is 2. The van der Waals surface area contributed by atoms with E-state index in [2.05, 4.69) is 16.0 Å². The van der Waals surface area contributed by atoms with E-state index in [1.165, 1.54) is 6.26 Å². The lowest BCUT2D eigenvalue weighted by Gasteiger charge is -2.07. The zero-order valence-electron chi connectivity index (χ0n) is 16.5. The minimum Gasteiger partial charge on any atom is -0.469 e. The monoisotopic (exact) mass is 400 g/mol. The van der Waals surface area contributed by atoms with E-state index in [-0.39, 0.29) is 0 Å². The molecule has 2 amide bonds.